The van der Waals surface area contributed by atoms with Crippen molar-refractivity contribution in [1.82, 2.24) is 20.1 Å². The van der Waals surface area contributed by atoms with Gasteiger partial charge in [-0.3, -0.25) is 4.79 Å². The van der Waals surface area contributed by atoms with Gasteiger partial charge in [-0.05, 0) is 6.92 Å². The number of aromatic amines is 1. The summed E-state index contributed by atoms with van der Waals surface area (Å²) in [6.45, 7) is 1.05. The van der Waals surface area contributed by atoms with Crippen LogP contribution in [0.5, 0.6) is 0 Å². The predicted molar refractivity (Wildman–Crippen MR) is 51.4 cm³/mol. The topological polar surface area (TPSA) is 84.7 Å². The number of carbonyl (C=O) groups is 1. The second-order valence-electron chi connectivity index (χ2n) is 3.48. The zero-order chi connectivity index (χ0) is 13.3. The van der Waals surface area contributed by atoms with Crippen molar-refractivity contribution < 1.29 is 22.5 Å². The number of H-pyrrole nitrogens is 1. The summed E-state index contributed by atoms with van der Waals surface area (Å²) >= 11 is 0. The van der Waals surface area contributed by atoms with Gasteiger partial charge in [0.2, 0.25) is 17.5 Å². The molecule has 6 nitrogen and oxygen atoms in total. The molecule has 0 amide bonds. The lowest BCUT2D eigenvalue weighted by atomic mass is 10.1. The highest BCUT2D eigenvalue weighted by Crippen LogP contribution is 2.27. The normalized spacial score (nSPS) is 13.6. The molecule has 0 saturated heterocycles. The van der Waals surface area contributed by atoms with Gasteiger partial charge in [0.1, 0.15) is 5.92 Å². The van der Waals surface area contributed by atoms with Crippen molar-refractivity contribution in [3.05, 3.63) is 18.3 Å². The molecular formula is C9H7F3N4O2. The smallest absolute Gasteiger partial charge is 0.342 e. The summed E-state index contributed by atoms with van der Waals surface area (Å²) in [7, 11) is 0. The molecule has 2 rings (SSSR count). The van der Waals surface area contributed by atoms with Crippen LogP contribution in [0.3, 0.4) is 0 Å². The number of nitrogens with zero attached hydrogens (tertiary/aromatic N) is 3. The molecule has 2 heterocycles. The first kappa shape index (κ1) is 12.3. The maximum atomic E-state index is 12.2. The number of alkyl halides is 3. The highest BCUT2D eigenvalue weighted by Gasteiger charge is 2.44. The van der Waals surface area contributed by atoms with E-state index >= 15 is 0 Å². The van der Waals surface area contributed by atoms with Crippen LogP contribution >= 0.6 is 0 Å². The molecule has 0 bridgehead atoms. The van der Waals surface area contributed by atoms with Crippen LogP contribution in [0.15, 0.2) is 16.9 Å². The van der Waals surface area contributed by atoms with Crippen molar-refractivity contribution in [2.45, 2.75) is 19.0 Å². The van der Waals surface area contributed by atoms with Crippen LogP contribution in [0.1, 0.15) is 18.7 Å². The van der Waals surface area contributed by atoms with E-state index in [1.165, 1.54) is 12.4 Å². The lowest BCUT2D eigenvalue weighted by molar-refractivity contribution is -0.172. The van der Waals surface area contributed by atoms with Crippen LogP contribution in [-0.4, -0.2) is 32.1 Å². The molecule has 0 fully saturated rings. The number of nitrogens with one attached hydrogen (secondary N) is 1. The largest absolute Gasteiger partial charge is 0.450 e. The van der Waals surface area contributed by atoms with E-state index in [9.17, 15) is 18.0 Å². The molecule has 0 saturated carbocycles. The molecule has 2 aromatic heterocycles. The molecule has 0 aliphatic carbocycles. The van der Waals surface area contributed by atoms with Gasteiger partial charge in [-0.25, -0.2) is 4.98 Å². The van der Waals surface area contributed by atoms with Crippen LogP contribution < -0.4 is 0 Å². The third kappa shape index (κ3) is 2.24. The van der Waals surface area contributed by atoms with E-state index < -0.39 is 23.8 Å². The molecule has 2 aromatic rings. The van der Waals surface area contributed by atoms with Gasteiger partial charge in [-0.15, -0.1) is 0 Å². The van der Waals surface area contributed by atoms with E-state index in [0.717, 1.165) is 6.92 Å². The van der Waals surface area contributed by atoms with Crippen LogP contribution in [0.4, 0.5) is 13.2 Å². The molecule has 0 radical (unpaired) electrons. The Morgan fingerprint density at radius 1 is 1.50 bits per heavy atom. The molecule has 0 aromatic carbocycles. The fourth-order valence-electron chi connectivity index (χ4n) is 1.25. The lowest BCUT2D eigenvalue weighted by Gasteiger charge is -2.07. The molecule has 0 aliphatic heterocycles. The molecule has 1 unspecified atom stereocenters. The summed E-state index contributed by atoms with van der Waals surface area (Å²) < 4.78 is 41.2. The number of ketones is 1. The third-order valence-corrected chi connectivity index (χ3v) is 2.19. The van der Waals surface area contributed by atoms with E-state index in [0.29, 0.717) is 0 Å². The average Bonchev–Trinajstić information content (AvgIpc) is 2.95. The fourth-order valence-corrected chi connectivity index (χ4v) is 1.25. The first-order chi connectivity index (χ1) is 8.39. The highest BCUT2D eigenvalue weighted by atomic mass is 19.4. The van der Waals surface area contributed by atoms with Crippen LogP contribution in [0.25, 0.3) is 11.6 Å². The summed E-state index contributed by atoms with van der Waals surface area (Å²) in [4.78, 5) is 21.1. The minimum atomic E-state index is -4.93. The number of carbonyl (C=O) groups excluding carboxylic acids is 1. The number of hydrogen-bond donors (Lipinski definition) is 1. The second-order valence-corrected chi connectivity index (χ2v) is 3.48. The second kappa shape index (κ2) is 4.24. The Hall–Kier alpha value is -2.19. The Morgan fingerprint density at radius 2 is 2.22 bits per heavy atom. The molecule has 0 spiro atoms. The standard InChI is InChI=1S/C9H7F3N4O2/c1-4(5(17)9(10,11)12)8-15-7(16-18-8)6-13-2-3-14-6/h2-4H,1H3,(H,13,14). The molecule has 18 heavy (non-hydrogen) atoms. The zero-order valence-corrected chi connectivity index (χ0v) is 9.02. The Kier molecular flexibility index (Phi) is 2.89. The molecule has 9 heteroatoms. The molecule has 1 N–H and O–H groups in total. The summed E-state index contributed by atoms with van der Waals surface area (Å²) in [6, 6.07) is 0. The summed E-state index contributed by atoms with van der Waals surface area (Å²) in [5.74, 6) is -3.63. The number of Topliss-reactive ketones (excluding diaryl/α,β-unsaturated/α-hetero) is 1. The maximum Gasteiger partial charge on any atom is 0.450 e. The first-order valence-corrected chi connectivity index (χ1v) is 4.84. The van der Waals surface area contributed by atoms with Gasteiger partial charge in [-0.2, -0.15) is 18.2 Å². The predicted octanol–water partition coefficient (Wildman–Crippen LogP) is 1.69. The minimum absolute atomic E-state index is 0.00294. The number of aromatic nitrogens is 4. The number of imidazole rings is 1. The van der Waals surface area contributed by atoms with Crippen molar-refractivity contribution in [1.29, 1.82) is 0 Å². The monoisotopic (exact) mass is 260 g/mol. The van der Waals surface area contributed by atoms with Gasteiger partial charge in [0, 0.05) is 12.4 Å². The fraction of sp³-hybridized carbons (Fsp3) is 0.333. The van der Waals surface area contributed by atoms with Gasteiger partial charge >= 0.3 is 6.18 Å². The van der Waals surface area contributed by atoms with Crippen molar-refractivity contribution in [2.24, 2.45) is 0 Å². The SMILES string of the molecule is CC(C(=O)C(F)(F)F)c1nc(-c2ncc[nH]2)no1. The van der Waals surface area contributed by atoms with Gasteiger partial charge in [-0.1, -0.05) is 5.16 Å². The maximum absolute atomic E-state index is 12.2. The Morgan fingerprint density at radius 3 is 2.78 bits per heavy atom. The summed E-state index contributed by atoms with van der Waals surface area (Å²) in [6.07, 6.45) is -2.01. The Bertz CT molecular complexity index is 546. The Balaban J connectivity index is 2.23. The molecular weight excluding hydrogens is 253 g/mol. The van der Waals surface area contributed by atoms with Gasteiger partial charge in [0.25, 0.3) is 0 Å². The van der Waals surface area contributed by atoms with Gasteiger partial charge in [0.05, 0.1) is 0 Å². The number of hydrogen-bond acceptors (Lipinski definition) is 5. The van der Waals surface area contributed by atoms with E-state index in [2.05, 4.69) is 24.6 Å². The van der Waals surface area contributed by atoms with Crippen LogP contribution in [0, 0.1) is 0 Å². The van der Waals surface area contributed by atoms with E-state index in [4.69, 9.17) is 0 Å². The first-order valence-electron chi connectivity index (χ1n) is 4.84. The van der Waals surface area contributed by atoms with E-state index in [-0.39, 0.29) is 11.6 Å². The van der Waals surface area contributed by atoms with Crippen molar-refractivity contribution in [3.8, 4) is 11.6 Å². The molecule has 1 atom stereocenters. The minimum Gasteiger partial charge on any atom is -0.342 e. The zero-order valence-electron chi connectivity index (χ0n) is 9.02. The van der Waals surface area contributed by atoms with Gasteiger partial charge in [0.15, 0.2) is 5.82 Å². The molecule has 0 aliphatic rings. The lowest BCUT2D eigenvalue weighted by Crippen LogP contribution is -2.27. The molecule has 96 valence electrons. The summed E-state index contributed by atoms with van der Waals surface area (Å²) in [5.41, 5.74) is 0. The van der Waals surface area contributed by atoms with E-state index in [1.807, 2.05) is 0 Å². The summed E-state index contributed by atoms with van der Waals surface area (Å²) in [5, 5.41) is 3.44. The van der Waals surface area contributed by atoms with Crippen LogP contribution in [0.2, 0.25) is 0 Å². The quantitative estimate of drug-likeness (QED) is 0.907. The number of halogens is 3. The Labute approximate surface area is 98.2 Å². The number of rotatable bonds is 3. The van der Waals surface area contributed by atoms with Crippen molar-refractivity contribution in [3.63, 3.8) is 0 Å². The average molecular weight is 260 g/mol. The van der Waals surface area contributed by atoms with Crippen molar-refractivity contribution in [2.75, 3.05) is 0 Å². The third-order valence-electron chi connectivity index (χ3n) is 2.19. The van der Waals surface area contributed by atoms with Crippen molar-refractivity contribution >= 4 is 5.78 Å². The van der Waals surface area contributed by atoms with E-state index in [1.54, 1.807) is 0 Å². The van der Waals surface area contributed by atoms with Gasteiger partial charge < -0.3 is 9.51 Å². The van der Waals surface area contributed by atoms with Crippen LogP contribution in [-0.2, 0) is 4.79 Å². The highest BCUT2D eigenvalue weighted by molar-refractivity contribution is 5.89.